The third-order valence-electron chi connectivity index (χ3n) is 6.13. The SMILES string of the molecule is COc1ccncc1NC(=O)COCCN1CCN(C(c2ccccc2)c2ccc(Cl)cc2)CC1. The third kappa shape index (κ3) is 7.02. The van der Waals surface area contributed by atoms with Crippen molar-refractivity contribution in [2.75, 3.05) is 58.4 Å². The molecule has 2 heterocycles. The lowest BCUT2D eigenvalue weighted by atomic mass is 9.96. The van der Waals surface area contributed by atoms with E-state index in [0.717, 1.165) is 37.7 Å². The zero-order chi connectivity index (χ0) is 24.5. The first kappa shape index (κ1) is 25.1. The van der Waals surface area contributed by atoms with E-state index in [1.165, 1.54) is 11.1 Å². The first-order valence-electron chi connectivity index (χ1n) is 11.8. The van der Waals surface area contributed by atoms with Crippen molar-refractivity contribution < 1.29 is 14.3 Å². The summed E-state index contributed by atoms with van der Waals surface area (Å²) in [6, 6.07) is 20.6. The third-order valence-corrected chi connectivity index (χ3v) is 6.39. The van der Waals surface area contributed by atoms with E-state index in [9.17, 15) is 4.79 Å². The number of amides is 1. The van der Waals surface area contributed by atoms with Gasteiger partial charge in [0.15, 0.2) is 0 Å². The molecule has 1 aliphatic rings. The number of methoxy groups -OCH3 is 1. The van der Waals surface area contributed by atoms with Crippen LogP contribution in [0, 0.1) is 0 Å². The minimum atomic E-state index is -0.227. The summed E-state index contributed by atoms with van der Waals surface area (Å²) in [5.41, 5.74) is 3.06. The van der Waals surface area contributed by atoms with Crippen LogP contribution in [0.5, 0.6) is 5.75 Å². The molecular weight excluding hydrogens is 464 g/mol. The van der Waals surface area contributed by atoms with Crippen molar-refractivity contribution in [1.29, 1.82) is 0 Å². The highest BCUT2D eigenvalue weighted by molar-refractivity contribution is 6.30. The van der Waals surface area contributed by atoms with Gasteiger partial charge in [0.05, 0.1) is 26.0 Å². The molecule has 1 saturated heterocycles. The largest absolute Gasteiger partial charge is 0.494 e. The zero-order valence-corrected chi connectivity index (χ0v) is 20.7. The topological polar surface area (TPSA) is 66.9 Å². The highest BCUT2D eigenvalue weighted by atomic mass is 35.5. The van der Waals surface area contributed by atoms with Gasteiger partial charge in [0.1, 0.15) is 18.0 Å². The first-order chi connectivity index (χ1) is 17.1. The van der Waals surface area contributed by atoms with E-state index in [2.05, 4.69) is 56.5 Å². The maximum absolute atomic E-state index is 12.2. The lowest BCUT2D eigenvalue weighted by Gasteiger charge is -2.39. The van der Waals surface area contributed by atoms with Gasteiger partial charge < -0.3 is 14.8 Å². The highest BCUT2D eigenvalue weighted by Gasteiger charge is 2.26. The molecule has 1 aromatic heterocycles. The Kier molecular flexibility index (Phi) is 9.08. The van der Waals surface area contributed by atoms with Crippen molar-refractivity contribution in [1.82, 2.24) is 14.8 Å². The van der Waals surface area contributed by atoms with Crippen LogP contribution in [0.2, 0.25) is 5.02 Å². The smallest absolute Gasteiger partial charge is 0.250 e. The number of halogens is 1. The van der Waals surface area contributed by atoms with Gasteiger partial charge in [-0.3, -0.25) is 19.6 Å². The van der Waals surface area contributed by atoms with Crippen molar-refractivity contribution >= 4 is 23.2 Å². The molecule has 1 amide bonds. The predicted molar refractivity (Wildman–Crippen MR) is 138 cm³/mol. The monoisotopic (exact) mass is 494 g/mol. The second kappa shape index (κ2) is 12.7. The van der Waals surface area contributed by atoms with Crippen LogP contribution in [0.25, 0.3) is 0 Å². The summed E-state index contributed by atoms with van der Waals surface area (Å²) >= 11 is 6.14. The van der Waals surface area contributed by atoms with E-state index in [4.69, 9.17) is 21.1 Å². The quantitative estimate of drug-likeness (QED) is 0.428. The van der Waals surface area contributed by atoms with Crippen LogP contribution in [-0.2, 0) is 9.53 Å². The number of ether oxygens (including phenoxy) is 2. The Morgan fingerprint density at radius 3 is 2.46 bits per heavy atom. The van der Waals surface area contributed by atoms with E-state index in [0.29, 0.717) is 18.0 Å². The molecule has 1 aliphatic heterocycles. The van der Waals surface area contributed by atoms with Crippen LogP contribution in [0.4, 0.5) is 5.69 Å². The van der Waals surface area contributed by atoms with Crippen LogP contribution >= 0.6 is 11.6 Å². The fourth-order valence-corrected chi connectivity index (χ4v) is 4.46. The average molecular weight is 495 g/mol. The molecule has 184 valence electrons. The fraction of sp³-hybridized carbons (Fsp3) is 0.333. The van der Waals surface area contributed by atoms with Crippen LogP contribution < -0.4 is 10.1 Å². The molecule has 2 aromatic carbocycles. The molecule has 1 unspecified atom stereocenters. The minimum absolute atomic E-state index is 0.00926. The molecule has 0 bridgehead atoms. The summed E-state index contributed by atoms with van der Waals surface area (Å²) in [6.07, 6.45) is 3.17. The molecule has 0 radical (unpaired) electrons. The van der Waals surface area contributed by atoms with Gasteiger partial charge in [0, 0.05) is 50.0 Å². The second-order valence-electron chi connectivity index (χ2n) is 8.42. The molecule has 7 nitrogen and oxygen atoms in total. The molecule has 1 fully saturated rings. The lowest BCUT2D eigenvalue weighted by Crippen LogP contribution is -2.48. The summed E-state index contributed by atoms with van der Waals surface area (Å²) in [4.78, 5) is 21.1. The standard InChI is InChI=1S/C27H31ClN4O3/c1-34-25-11-12-29-19-24(25)30-26(33)20-35-18-17-31-13-15-32(16-14-31)27(21-5-3-2-4-6-21)22-7-9-23(28)10-8-22/h2-12,19,27H,13-18,20H2,1H3,(H,30,33). The van der Waals surface area contributed by atoms with Gasteiger partial charge in [0.2, 0.25) is 0 Å². The van der Waals surface area contributed by atoms with Crippen LogP contribution in [0.15, 0.2) is 73.1 Å². The maximum atomic E-state index is 12.2. The van der Waals surface area contributed by atoms with E-state index in [1.54, 1.807) is 25.6 Å². The second-order valence-corrected chi connectivity index (χ2v) is 8.86. The Bertz CT molecular complexity index is 1070. The number of rotatable bonds is 10. The molecular formula is C27H31ClN4O3. The summed E-state index contributed by atoms with van der Waals surface area (Å²) in [7, 11) is 1.55. The van der Waals surface area contributed by atoms with Gasteiger partial charge in [-0.15, -0.1) is 0 Å². The van der Waals surface area contributed by atoms with Crippen molar-refractivity contribution in [3.05, 3.63) is 89.2 Å². The molecule has 0 aliphatic carbocycles. The maximum Gasteiger partial charge on any atom is 0.250 e. The number of benzene rings is 2. The molecule has 1 N–H and O–H groups in total. The Balaban J connectivity index is 1.24. The van der Waals surface area contributed by atoms with Crippen molar-refractivity contribution in [2.24, 2.45) is 0 Å². The van der Waals surface area contributed by atoms with Gasteiger partial charge in [-0.05, 0) is 23.3 Å². The first-order valence-corrected chi connectivity index (χ1v) is 12.1. The minimum Gasteiger partial charge on any atom is -0.494 e. The number of anilines is 1. The Hall–Kier alpha value is -2.97. The fourth-order valence-electron chi connectivity index (χ4n) is 4.34. The number of hydrogen-bond donors (Lipinski definition) is 1. The average Bonchev–Trinajstić information content (AvgIpc) is 2.90. The summed E-state index contributed by atoms with van der Waals surface area (Å²) in [5, 5.41) is 3.52. The van der Waals surface area contributed by atoms with Crippen LogP contribution in [0.3, 0.4) is 0 Å². The Labute approximate surface area is 211 Å². The van der Waals surface area contributed by atoms with Crippen molar-refractivity contribution in [2.45, 2.75) is 6.04 Å². The van der Waals surface area contributed by atoms with E-state index >= 15 is 0 Å². The number of aromatic nitrogens is 1. The number of carbonyl (C=O) groups is 1. The predicted octanol–water partition coefficient (Wildman–Crippen LogP) is 4.11. The van der Waals surface area contributed by atoms with Gasteiger partial charge in [0.25, 0.3) is 5.91 Å². The molecule has 1 atom stereocenters. The van der Waals surface area contributed by atoms with Gasteiger partial charge in [-0.2, -0.15) is 0 Å². The van der Waals surface area contributed by atoms with E-state index in [-0.39, 0.29) is 18.6 Å². The summed E-state index contributed by atoms with van der Waals surface area (Å²) < 4.78 is 10.9. The number of nitrogens with zero attached hydrogens (tertiary/aromatic N) is 3. The summed E-state index contributed by atoms with van der Waals surface area (Å²) in [5.74, 6) is 0.341. The molecule has 0 saturated carbocycles. The summed E-state index contributed by atoms with van der Waals surface area (Å²) in [6.45, 7) is 5.06. The number of nitrogens with one attached hydrogen (secondary N) is 1. The van der Waals surface area contributed by atoms with Crippen molar-refractivity contribution in [3.8, 4) is 5.75 Å². The molecule has 4 rings (SSSR count). The molecule has 8 heteroatoms. The van der Waals surface area contributed by atoms with E-state index in [1.807, 2.05) is 18.2 Å². The number of hydrogen-bond acceptors (Lipinski definition) is 6. The number of pyridine rings is 1. The van der Waals surface area contributed by atoms with Gasteiger partial charge >= 0.3 is 0 Å². The molecule has 0 spiro atoms. The van der Waals surface area contributed by atoms with Gasteiger partial charge in [-0.1, -0.05) is 54.1 Å². The highest BCUT2D eigenvalue weighted by Crippen LogP contribution is 2.30. The normalized spacial score (nSPS) is 15.5. The molecule has 35 heavy (non-hydrogen) atoms. The number of carbonyl (C=O) groups excluding carboxylic acids is 1. The zero-order valence-electron chi connectivity index (χ0n) is 19.9. The van der Waals surface area contributed by atoms with Crippen molar-refractivity contribution in [3.63, 3.8) is 0 Å². The lowest BCUT2D eigenvalue weighted by molar-refractivity contribution is -0.120. The number of piperazine rings is 1. The van der Waals surface area contributed by atoms with Crippen LogP contribution in [0.1, 0.15) is 17.2 Å². The van der Waals surface area contributed by atoms with Crippen LogP contribution in [-0.4, -0.2) is 73.7 Å². The molecule has 3 aromatic rings. The Morgan fingerprint density at radius 1 is 1.03 bits per heavy atom. The Morgan fingerprint density at radius 2 is 1.74 bits per heavy atom. The van der Waals surface area contributed by atoms with E-state index < -0.39 is 0 Å². The van der Waals surface area contributed by atoms with Gasteiger partial charge in [-0.25, -0.2) is 0 Å².